The van der Waals surface area contributed by atoms with Gasteiger partial charge in [0.1, 0.15) is 5.75 Å². The standard InChI is InChI=1S/C19H21ClN2O3/c1-12-9-17(18(25-3)11-16(12)20)22-19(24)7-8-21-15-6-4-5-14(10-15)13(2)23/h4-6,9-11,21H,7-8H2,1-3H3,(H,22,24). The highest BCUT2D eigenvalue weighted by Crippen LogP contribution is 2.30. The molecule has 0 radical (unpaired) electrons. The van der Waals surface area contributed by atoms with Gasteiger partial charge in [-0.3, -0.25) is 9.59 Å². The van der Waals surface area contributed by atoms with Gasteiger partial charge >= 0.3 is 0 Å². The second-order valence-electron chi connectivity index (χ2n) is 5.66. The normalized spacial score (nSPS) is 10.2. The number of aryl methyl sites for hydroxylation is 1. The zero-order valence-electron chi connectivity index (χ0n) is 14.5. The number of hydrogen-bond donors (Lipinski definition) is 2. The number of ketones is 1. The second kappa shape index (κ2) is 8.53. The molecule has 0 aromatic heterocycles. The molecule has 0 unspecified atom stereocenters. The first-order valence-corrected chi connectivity index (χ1v) is 8.27. The maximum atomic E-state index is 12.1. The van der Waals surface area contributed by atoms with Gasteiger partial charge in [-0.1, -0.05) is 23.7 Å². The third-order valence-corrected chi connectivity index (χ3v) is 4.11. The quantitative estimate of drug-likeness (QED) is 0.722. The third-order valence-electron chi connectivity index (χ3n) is 3.71. The number of anilines is 2. The van der Waals surface area contributed by atoms with E-state index in [1.54, 1.807) is 30.3 Å². The monoisotopic (exact) mass is 360 g/mol. The van der Waals surface area contributed by atoms with E-state index in [0.717, 1.165) is 11.3 Å². The van der Waals surface area contributed by atoms with Gasteiger partial charge in [-0.25, -0.2) is 0 Å². The van der Waals surface area contributed by atoms with Crippen molar-refractivity contribution in [1.29, 1.82) is 0 Å². The average Bonchev–Trinajstić information content (AvgIpc) is 2.58. The van der Waals surface area contributed by atoms with E-state index < -0.39 is 0 Å². The summed E-state index contributed by atoms with van der Waals surface area (Å²) < 4.78 is 5.24. The molecular weight excluding hydrogens is 340 g/mol. The van der Waals surface area contributed by atoms with Crippen LogP contribution in [0, 0.1) is 6.92 Å². The van der Waals surface area contributed by atoms with Crippen LogP contribution in [0.2, 0.25) is 5.02 Å². The number of benzene rings is 2. The Morgan fingerprint density at radius 2 is 1.96 bits per heavy atom. The summed E-state index contributed by atoms with van der Waals surface area (Å²) in [7, 11) is 1.53. The number of halogens is 1. The van der Waals surface area contributed by atoms with Crippen LogP contribution >= 0.6 is 11.6 Å². The number of methoxy groups -OCH3 is 1. The van der Waals surface area contributed by atoms with E-state index >= 15 is 0 Å². The predicted molar refractivity (Wildman–Crippen MR) is 101 cm³/mol. The molecule has 2 aromatic carbocycles. The van der Waals surface area contributed by atoms with Crippen LogP contribution in [0.15, 0.2) is 36.4 Å². The van der Waals surface area contributed by atoms with Crippen LogP contribution in [-0.2, 0) is 4.79 Å². The van der Waals surface area contributed by atoms with Crippen molar-refractivity contribution in [3.63, 3.8) is 0 Å². The summed E-state index contributed by atoms with van der Waals surface area (Å²) in [6.07, 6.45) is 0.273. The first kappa shape index (κ1) is 18.8. The highest BCUT2D eigenvalue weighted by atomic mass is 35.5. The molecule has 0 saturated heterocycles. The molecule has 1 amide bonds. The van der Waals surface area contributed by atoms with E-state index in [-0.39, 0.29) is 18.1 Å². The largest absolute Gasteiger partial charge is 0.495 e. The van der Waals surface area contributed by atoms with Crippen LogP contribution in [0.3, 0.4) is 0 Å². The summed E-state index contributed by atoms with van der Waals surface area (Å²) in [4.78, 5) is 23.5. The van der Waals surface area contributed by atoms with Crippen molar-refractivity contribution >= 4 is 34.7 Å². The molecular formula is C19H21ClN2O3. The number of amides is 1. The maximum Gasteiger partial charge on any atom is 0.226 e. The summed E-state index contributed by atoms with van der Waals surface area (Å²) >= 11 is 6.06. The Morgan fingerprint density at radius 3 is 2.64 bits per heavy atom. The van der Waals surface area contributed by atoms with Crippen molar-refractivity contribution in [3.05, 3.63) is 52.5 Å². The molecule has 0 heterocycles. The van der Waals surface area contributed by atoms with Crippen molar-refractivity contribution in [2.75, 3.05) is 24.3 Å². The van der Waals surface area contributed by atoms with Gasteiger partial charge in [-0.05, 0) is 37.6 Å². The van der Waals surface area contributed by atoms with Crippen LogP contribution < -0.4 is 15.4 Å². The molecule has 5 nitrogen and oxygen atoms in total. The van der Waals surface area contributed by atoms with Crippen molar-refractivity contribution in [3.8, 4) is 5.75 Å². The number of Topliss-reactive ketones (excluding diaryl/α,β-unsaturated/α-hetero) is 1. The van der Waals surface area contributed by atoms with Gasteiger partial charge in [0, 0.05) is 35.3 Å². The number of nitrogens with one attached hydrogen (secondary N) is 2. The predicted octanol–water partition coefficient (Wildman–Crippen LogP) is 4.30. The summed E-state index contributed by atoms with van der Waals surface area (Å²) in [5, 5.41) is 6.55. The summed E-state index contributed by atoms with van der Waals surface area (Å²) in [6.45, 7) is 3.83. The minimum atomic E-state index is -0.143. The minimum Gasteiger partial charge on any atom is -0.495 e. The van der Waals surface area contributed by atoms with Gasteiger partial charge < -0.3 is 15.4 Å². The molecule has 0 spiro atoms. The first-order valence-electron chi connectivity index (χ1n) is 7.89. The lowest BCUT2D eigenvalue weighted by atomic mass is 10.1. The first-order chi connectivity index (χ1) is 11.9. The lowest BCUT2D eigenvalue weighted by Crippen LogP contribution is -2.17. The number of ether oxygens (including phenoxy) is 1. The average molecular weight is 361 g/mol. The smallest absolute Gasteiger partial charge is 0.226 e. The van der Waals surface area contributed by atoms with Gasteiger partial charge in [0.15, 0.2) is 5.78 Å². The molecule has 2 rings (SSSR count). The Labute approximate surface area is 152 Å². The SMILES string of the molecule is COc1cc(Cl)c(C)cc1NC(=O)CCNc1cccc(C(C)=O)c1. The topological polar surface area (TPSA) is 67.4 Å². The van der Waals surface area contributed by atoms with Crippen LogP contribution in [0.25, 0.3) is 0 Å². The van der Waals surface area contributed by atoms with E-state index in [4.69, 9.17) is 16.3 Å². The molecule has 132 valence electrons. The van der Waals surface area contributed by atoms with Crippen molar-refractivity contribution < 1.29 is 14.3 Å². The lowest BCUT2D eigenvalue weighted by molar-refractivity contribution is -0.116. The molecule has 0 aliphatic carbocycles. The summed E-state index contributed by atoms with van der Waals surface area (Å²) in [6, 6.07) is 10.7. The van der Waals surface area contributed by atoms with Crippen molar-refractivity contribution in [2.45, 2.75) is 20.3 Å². The zero-order valence-corrected chi connectivity index (χ0v) is 15.2. The van der Waals surface area contributed by atoms with Crippen LogP contribution in [0.5, 0.6) is 5.75 Å². The number of carbonyl (C=O) groups excluding carboxylic acids is 2. The second-order valence-corrected chi connectivity index (χ2v) is 6.07. The lowest BCUT2D eigenvalue weighted by Gasteiger charge is -2.13. The maximum absolute atomic E-state index is 12.1. The molecule has 6 heteroatoms. The Morgan fingerprint density at radius 1 is 1.20 bits per heavy atom. The van der Waals surface area contributed by atoms with Gasteiger partial charge in [-0.2, -0.15) is 0 Å². The Bertz CT molecular complexity index is 790. The molecule has 0 bridgehead atoms. The van der Waals surface area contributed by atoms with E-state index in [9.17, 15) is 9.59 Å². The number of carbonyl (C=O) groups is 2. The molecule has 2 N–H and O–H groups in total. The zero-order chi connectivity index (χ0) is 18.4. The molecule has 2 aromatic rings. The van der Waals surface area contributed by atoms with E-state index in [1.807, 2.05) is 13.0 Å². The van der Waals surface area contributed by atoms with Gasteiger partial charge in [0.05, 0.1) is 12.8 Å². The van der Waals surface area contributed by atoms with Crippen molar-refractivity contribution in [1.82, 2.24) is 0 Å². The summed E-state index contributed by atoms with van der Waals surface area (Å²) in [5.74, 6) is 0.382. The van der Waals surface area contributed by atoms with E-state index in [0.29, 0.717) is 28.6 Å². The molecule has 0 aliphatic rings. The Balaban J connectivity index is 1.92. The van der Waals surface area contributed by atoms with Crippen molar-refractivity contribution in [2.24, 2.45) is 0 Å². The fourth-order valence-corrected chi connectivity index (χ4v) is 2.46. The van der Waals surface area contributed by atoms with Gasteiger partial charge in [0.25, 0.3) is 0 Å². The number of rotatable bonds is 7. The highest BCUT2D eigenvalue weighted by Gasteiger charge is 2.10. The fraction of sp³-hybridized carbons (Fsp3) is 0.263. The Hall–Kier alpha value is -2.53. The van der Waals surface area contributed by atoms with Crippen LogP contribution in [0.1, 0.15) is 29.3 Å². The van der Waals surface area contributed by atoms with Gasteiger partial charge in [0.2, 0.25) is 5.91 Å². The fourth-order valence-electron chi connectivity index (χ4n) is 2.31. The minimum absolute atomic E-state index is 0.00611. The molecule has 25 heavy (non-hydrogen) atoms. The number of hydrogen-bond acceptors (Lipinski definition) is 4. The van der Waals surface area contributed by atoms with Crippen LogP contribution in [0.4, 0.5) is 11.4 Å². The van der Waals surface area contributed by atoms with Crippen LogP contribution in [-0.4, -0.2) is 25.3 Å². The molecule has 0 fully saturated rings. The van der Waals surface area contributed by atoms with E-state index in [1.165, 1.54) is 14.0 Å². The molecule has 0 atom stereocenters. The van der Waals surface area contributed by atoms with Gasteiger partial charge in [-0.15, -0.1) is 0 Å². The molecule has 0 aliphatic heterocycles. The summed E-state index contributed by atoms with van der Waals surface area (Å²) in [5.41, 5.74) is 2.89. The van der Waals surface area contributed by atoms with E-state index in [2.05, 4.69) is 10.6 Å². The third kappa shape index (κ3) is 5.22. The molecule has 0 saturated carbocycles. The Kier molecular flexibility index (Phi) is 6.42. The highest BCUT2D eigenvalue weighted by molar-refractivity contribution is 6.31.